The average Bonchev–Trinajstić information content (AvgIpc) is 3.08. The molecule has 0 bridgehead atoms. The highest BCUT2D eigenvalue weighted by Gasteiger charge is 2.29. The quantitative estimate of drug-likeness (QED) is 0.872. The first-order valence-corrected chi connectivity index (χ1v) is 9.00. The Bertz CT molecular complexity index is 881. The van der Waals surface area contributed by atoms with E-state index in [2.05, 4.69) is 5.32 Å². The molecule has 1 saturated heterocycles. The Kier molecular flexibility index (Phi) is 4.08. The Labute approximate surface area is 132 Å². The van der Waals surface area contributed by atoms with Crippen LogP contribution in [0.1, 0.15) is 22.7 Å². The summed E-state index contributed by atoms with van der Waals surface area (Å²) in [6, 6.07) is 7.59. The maximum atomic E-state index is 12.1. The molecule has 0 aliphatic carbocycles. The fourth-order valence-corrected chi connectivity index (χ4v) is 4.18. The van der Waals surface area contributed by atoms with Gasteiger partial charge in [-0.25, -0.2) is 8.42 Å². The predicted octanol–water partition coefficient (Wildman–Crippen LogP) is 0.406. The molecule has 0 saturated carbocycles. The van der Waals surface area contributed by atoms with Crippen molar-refractivity contribution in [3.05, 3.63) is 58.4 Å². The van der Waals surface area contributed by atoms with Crippen molar-refractivity contribution in [2.45, 2.75) is 19.0 Å². The van der Waals surface area contributed by atoms with Crippen LogP contribution in [0.15, 0.2) is 45.7 Å². The summed E-state index contributed by atoms with van der Waals surface area (Å²) in [5, 5.41) is 2.66. The number of pyridine rings is 1. The number of nitrogens with zero attached hydrogens (tertiary/aromatic N) is 1. The Hall–Kier alpha value is -2.35. The zero-order chi connectivity index (χ0) is 16.4. The van der Waals surface area contributed by atoms with Gasteiger partial charge >= 0.3 is 0 Å². The number of carbonyl (C=O) groups excluding carboxylic acids is 1. The first-order valence-electron chi connectivity index (χ1n) is 7.18. The summed E-state index contributed by atoms with van der Waals surface area (Å²) in [5.74, 6) is 0.193. The number of rotatable bonds is 4. The summed E-state index contributed by atoms with van der Waals surface area (Å²) in [4.78, 5) is 23.7. The number of amides is 1. The second-order valence-corrected chi connectivity index (χ2v) is 7.73. The van der Waals surface area contributed by atoms with Crippen molar-refractivity contribution in [1.29, 1.82) is 0 Å². The summed E-state index contributed by atoms with van der Waals surface area (Å²) < 4.78 is 29.7. The number of hydrogen-bond donors (Lipinski definition) is 1. The Morgan fingerprint density at radius 2 is 2.13 bits per heavy atom. The van der Waals surface area contributed by atoms with Crippen LogP contribution in [-0.4, -0.2) is 36.4 Å². The van der Waals surface area contributed by atoms with Gasteiger partial charge in [-0.1, -0.05) is 6.07 Å². The van der Waals surface area contributed by atoms with Crippen LogP contribution in [0.25, 0.3) is 0 Å². The third kappa shape index (κ3) is 3.70. The topological polar surface area (TPSA) is 98.4 Å². The molecule has 7 nitrogen and oxygen atoms in total. The fourth-order valence-electron chi connectivity index (χ4n) is 2.51. The molecule has 1 N–H and O–H groups in total. The van der Waals surface area contributed by atoms with Crippen molar-refractivity contribution in [2.75, 3.05) is 11.5 Å². The van der Waals surface area contributed by atoms with Crippen LogP contribution in [0, 0.1) is 0 Å². The van der Waals surface area contributed by atoms with Crippen LogP contribution in [0.2, 0.25) is 0 Å². The smallest absolute Gasteiger partial charge is 0.287 e. The second-order valence-electron chi connectivity index (χ2n) is 5.51. The molecule has 8 heteroatoms. The van der Waals surface area contributed by atoms with Crippen molar-refractivity contribution in [3.8, 4) is 0 Å². The van der Waals surface area contributed by atoms with E-state index >= 15 is 0 Å². The Balaban J connectivity index is 1.66. The van der Waals surface area contributed by atoms with Gasteiger partial charge in [0.2, 0.25) is 0 Å². The first-order chi connectivity index (χ1) is 10.9. The average molecular weight is 336 g/mol. The maximum Gasteiger partial charge on any atom is 0.287 e. The largest absolute Gasteiger partial charge is 0.454 e. The standard InChI is InChI=1S/C15H16N2O5S/c18-14-3-1-2-7-17(14)9-12-4-5-13(22-12)15(19)16-11-6-8-23(20,21)10-11/h1-5,7,11H,6,8-10H2,(H,16,19). The summed E-state index contributed by atoms with van der Waals surface area (Å²) in [6.45, 7) is 0.227. The highest BCUT2D eigenvalue weighted by atomic mass is 32.2. The van der Waals surface area contributed by atoms with Gasteiger partial charge in [0.1, 0.15) is 5.76 Å². The van der Waals surface area contributed by atoms with Gasteiger partial charge in [-0.2, -0.15) is 0 Å². The van der Waals surface area contributed by atoms with Gasteiger partial charge in [0.25, 0.3) is 11.5 Å². The zero-order valence-corrected chi connectivity index (χ0v) is 13.1. The highest BCUT2D eigenvalue weighted by molar-refractivity contribution is 7.91. The molecule has 1 aliphatic rings. The lowest BCUT2D eigenvalue weighted by Crippen LogP contribution is -2.35. The van der Waals surface area contributed by atoms with Crippen molar-refractivity contribution in [2.24, 2.45) is 0 Å². The molecule has 1 amide bonds. The normalized spacial score (nSPS) is 19.6. The number of aromatic nitrogens is 1. The molecule has 3 heterocycles. The van der Waals surface area contributed by atoms with E-state index in [9.17, 15) is 18.0 Å². The molecule has 23 heavy (non-hydrogen) atoms. The molecule has 0 aromatic carbocycles. The predicted molar refractivity (Wildman–Crippen MR) is 83.0 cm³/mol. The third-order valence-corrected chi connectivity index (χ3v) is 5.45. The summed E-state index contributed by atoms with van der Waals surface area (Å²) in [6.07, 6.45) is 2.05. The van der Waals surface area contributed by atoms with Gasteiger partial charge < -0.3 is 14.3 Å². The molecule has 3 rings (SSSR count). The molecule has 1 atom stereocenters. The first kappa shape index (κ1) is 15.5. The van der Waals surface area contributed by atoms with Crippen molar-refractivity contribution >= 4 is 15.7 Å². The van der Waals surface area contributed by atoms with Gasteiger partial charge in [-0.05, 0) is 24.6 Å². The molecule has 2 aromatic rings. The maximum absolute atomic E-state index is 12.1. The molecular formula is C15H16N2O5S. The minimum Gasteiger partial charge on any atom is -0.454 e. The number of carbonyl (C=O) groups is 1. The fraction of sp³-hybridized carbons (Fsp3) is 0.333. The number of nitrogens with one attached hydrogen (secondary N) is 1. The van der Waals surface area contributed by atoms with Crippen LogP contribution in [0.3, 0.4) is 0 Å². The van der Waals surface area contributed by atoms with E-state index in [1.165, 1.54) is 16.7 Å². The van der Waals surface area contributed by atoms with Crippen molar-refractivity contribution in [1.82, 2.24) is 9.88 Å². The van der Waals surface area contributed by atoms with Crippen LogP contribution in [-0.2, 0) is 16.4 Å². The van der Waals surface area contributed by atoms with E-state index in [-0.39, 0.29) is 35.4 Å². The van der Waals surface area contributed by atoms with Gasteiger partial charge in [-0.15, -0.1) is 0 Å². The number of hydrogen-bond acceptors (Lipinski definition) is 5. The van der Waals surface area contributed by atoms with Crippen LogP contribution >= 0.6 is 0 Å². The van der Waals surface area contributed by atoms with Crippen LogP contribution in [0.5, 0.6) is 0 Å². The molecule has 1 unspecified atom stereocenters. The van der Waals surface area contributed by atoms with E-state index in [0.29, 0.717) is 12.2 Å². The number of sulfone groups is 1. The second kappa shape index (κ2) is 6.04. The van der Waals surface area contributed by atoms with Gasteiger partial charge in [0.05, 0.1) is 18.1 Å². The van der Waals surface area contributed by atoms with E-state index in [0.717, 1.165) is 0 Å². The van der Waals surface area contributed by atoms with E-state index < -0.39 is 15.7 Å². The summed E-state index contributed by atoms with van der Waals surface area (Å²) in [5.41, 5.74) is -0.161. The van der Waals surface area contributed by atoms with Crippen molar-refractivity contribution in [3.63, 3.8) is 0 Å². The lowest BCUT2D eigenvalue weighted by molar-refractivity contribution is 0.0911. The summed E-state index contributed by atoms with van der Waals surface area (Å²) >= 11 is 0. The van der Waals surface area contributed by atoms with Crippen LogP contribution < -0.4 is 10.9 Å². The van der Waals surface area contributed by atoms with E-state index in [4.69, 9.17) is 4.42 Å². The minimum absolute atomic E-state index is 0.0360. The SMILES string of the molecule is O=C(NC1CCS(=O)(=O)C1)c1ccc(Cn2ccccc2=O)o1. The van der Waals surface area contributed by atoms with E-state index in [1.54, 1.807) is 24.4 Å². The highest BCUT2D eigenvalue weighted by Crippen LogP contribution is 2.14. The Morgan fingerprint density at radius 1 is 1.30 bits per heavy atom. The number of furan rings is 1. The summed E-state index contributed by atoms with van der Waals surface area (Å²) in [7, 11) is -3.05. The van der Waals surface area contributed by atoms with E-state index in [1.807, 2.05) is 0 Å². The third-order valence-electron chi connectivity index (χ3n) is 3.68. The minimum atomic E-state index is -3.05. The molecule has 2 aromatic heterocycles. The Morgan fingerprint density at radius 3 is 2.83 bits per heavy atom. The zero-order valence-electron chi connectivity index (χ0n) is 12.3. The van der Waals surface area contributed by atoms with Gasteiger partial charge in [0.15, 0.2) is 15.6 Å². The van der Waals surface area contributed by atoms with Gasteiger partial charge in [-0.3, -0.25) is 9.59 Å². The molecule has 0 spiro atoms. The molecule has 0 radical (unpaired) electrons. The molecule has 1 aliphatic heterocycles. The van der Waals surface area contributed by atoms with Crippen molar-refractivity contribution < 1.29 is 17.6 Å². The van der Waals surface area contributed by atoms with Crippen LogP contribution in [0.4, 0.5) is 0 Å². The lowest BCUT2D eigenvalue weighted by Gasteiger charge is -2.08. The molecular weight excluding hydrogens is 320 g/mol. The van der Waals surface area contributed by atoms with Gasteiger partial charge in [0, 0.05) is 18.3 Å². The lowest BCUT2D eigenvalue weighted by atomic mass is 10.2. The monoisotopic (exact) mass is 336 g/mol. The molecule has 1 fully saturated rings. The molecule has 122 valence electrons.